The van der Waals surface area contributed by atoms with Crippen molar-refractivity contribution in [3.05, 3.63) is 0 Å². The van der Waals surface area contributed by atoms with E-state index >= 15 is 0 Å². The van der Waals surface area contributed by atoms with Gasteiger partial charge in [0.15, 0.2) is 0 Å². The van der Waals surface area contributed by atoms with Gasteiger partial charge < -0.3 is 10.2 Å². The highest BCUT2D eigenvalue weighted by Gasteiger charge is 2.27. The van der Waals surface area contributed by atoms with Gasteiger partial charge in [-0.1, -0.05) is 12.8 Å². The minimum absolute atomic E-state index is 0.334. The molecule has 0 saturated carbocycles. The van der Waals surface area contributed by atoms with Crippen molar-refractivity contribution in [1.82, 2.24) is 10.2 Å². The molecule has 2 amide bonds. The lowest BCUT2D eigenvalue weighted by Crippen LogP contribution is -2.41. The van der Waals surface area contributed by atoms with Gasteiger partial charge in [0.05, 0.1) is 6.42 Å². The van der Waals surface area contributed by atoms with Gasteiger partial charge in [0.1, 0.15) is 0 Å². The molecule has 1 aliphatic rings. The maximum Gasteiger partial charge on any atom is 0.390 e. The Morgan fingerprint density at radius 1 is 1.12 bits per heavy atom. The van der Waals surface area contributed by atoms with Crippen LogP contribution in [0, 0.1) is 0 Å². The van der Waals surface area contributed by atoms with Crippen LogP contribution >= 0.6 is 0 Å². The molecule has 0 aliphatic carbocycles. The van der Waals surface area contributed by atoms with Gasteiger partial charge in [0, 0.05) is 19.6 Å². The first-order chi connectivity index (χ1) is 7.49. The Morgan fingerprint density at radius 3 is 2.19 bits per heavy atom. The van der Waals surface area contributed by atoms with Gasteiger partial charge >= 0.3 is 12.2 Å². The Balaban J connectivity index is 2.23. The highest BCUT2D eigenvalue weighted by Crippen LogP contribution is 2.18. The fraction of sp³-hybridized carbons (Fsp3) is 0.900. The van der Waals surface area contributed by atoms with Crippen LogP contribution in [0.5, 0.6) is 0 Å². The van der Waals surface area contributed by atoms with Crippen molar-refractivity contribution in [2.75, 3.05) is 19.6 Å². The molecule has 0 radical (unpaired) electrons. The molecule has 16 heavy (non-hydrogen) atoms. The number of hydrogen-bond acceptors (Lipinski definition) is 1. The Morgan fingerprint density at radius 2 is 1.69 bits per heavy atom. The van der Waals surface area contributed by atoms with Gasteiger partial charge in [-0.15, -0.1) is 0 Å². The zero-order chi connectivity index (χ0) is 12.0. The van der Waals surface area contributed by atoms with E-state index in [0.717, 1.165) is 25.7 Å². The van der Waals surface area contributed by atoms with Crippen molar-refractivity contribution in [3.63, 3.8) is 0 Å². The zero-order valence-electron chi connectivity index (χ0n) is 9.15. The van der Waals surface area contributed by atoms with Crippen LogP contribution in [0.25, 0.3) is 0 Å². The van der Waals surface area contributed by atoms with Crippen LogP contribution in [0.2, 0.25) is 0 Å². The fourth-order valence-electron chi connectivity index (χ4n) is 1.70. The number of carbonyl (C=O) groups excluding carboxylic acids is 1. The van der Waals surface area contributed by atoms with Gasteiger partial charge in [-0.05, 0) is 12.8 Å². The van der Waals surface area contributed by atoms with E-state index in [1.165, 1.54) is 0 Å². The molecule has 0 spiro atoms. The topological polar surface area (TPSA) is 32.3 Å². The monoisotopic (exact) mass is 238 g/mol. The molecule has 1 aliphatic heterocycles. The molecule has 0 unspecified atom stereocenters. The first kappa shape index (κ1) is 13.1. The van der Waals surface area contributed by atoms with Crippen molar-refractivity contribution < 1.29 is 18.0 Å². The van der Waals surface area contributed by atoms with Crippen LogP contribution in [0.15, 0.2) is 0 Å². The third-order valence-corrected chi connectivity index (χ3v) is 2.58. The maximum atomic E-state index is 11.8. The van der Waals surface area contributed by atoms with Crippen LogP contribution < -0.4 is 5.32 Å². The second kappa shape index (κ2) is 5.96. The van der Waals surface area contributed by atoms with Crippen molar-refractivity contribution in [2.45, 2.75) is 38.3 Å². The van der Waals surface area contributed by atoms with E-state index < -0.39 is 12.6 Å². The van der Waals surface area contributed by atoms with Gasteiger partial charge in [0.2, 0.25) is 0 Å². The number of likely N-dealkylation sites (tertiary alicyclic amines) is 1. The molecule has 0 bridgehead atoms. The van der Waals surface area contributed by atoms with Gasteiger partial charge in [-0.3, -0.25) is 0 Å². The van der Waals surface area contributed by atoms with Crippen molar-refractivity contribution in [1.29, 1.82) is 0 Å². The summed E-state index contributed by atoms with van der Waals surface area (Å²) in [7, 11) is 0. The van der Waals surface area contributed by atoms with Gasteiger partial charge in [-0.2, -0.15) is 13.2 Å². The van der Waals surface area contributed by atoms with E-state index in [-0.39, 0.29) is 12.6 Å². The zero-order valence-corrected chi connectivity index (χ0v) is 9.15. The van der Waals surface area contributed by atoms with Gasteiger partial charge in [-0.25, -0.2) is 4.79 Å². The lowest BCUT2D eigenvalue weighted by Gasteiger charge is -2.20. The van der Waals surface area contributed by atoms with E-state index in [1.54, 1.807) is 4.90 Å². The second-order valence-corrected chi connectivity index (χ2v) is 4.00. The molecular formula is C10H17F3N2O. The molecule has 0 atom stereocenters. The number of hydrogen-bond donors (Lipinski definition) is 1. The van der Waals surface area contributed by atoms with Crippen LogP contribution in [-0.4, -0.2) is 36.7 Å². The number of rotatable bonds is 2. The molecule has 3 nitrogen and oxygen atoms in total. The Labute approximate surface area is 93.0 Å². The highest BCUT2D eigenvalue weighted by atomic mass is 19.4. The molecule has 1 N–H and O–H groups in total. The smallest absolute Gasteiger partial charge is 0.338 e. The standard InChI is InChI=1S/C10H17F3N2O/c11-10(12,13)5-6-14-9(16)15-7-3-1-2-4-8-15/h1-8H2,(H,14,16). The number of nitrogens with zero attached hydrogens (tertiary/aromatic N) is 1. The SMILES string of the molecule is O=C(NCCC(F)(F)F)N1CCCCCC1. The molecule has 1 saturated heterocycles. The van der Waals surface area contributed by atoms with Crippen LogP contribution in [0.4, 0.5) is 18.0 Å². The normalized spacial score (nSPS) is 18.1. The average Bonchev–Trinajstić information content (AvgIpc) is 2.43. The summed E-state index contributed by atoms with van der Waals surface area (Å²) in [5, 5.41) is 2.30. The van der Waals surface area contributed by atoms with Crippen LogP contribution in [-0.2, 0) is 0 Å². The summed E-state index contributed by atoms with van der Waals surface area (Å²) in [5.41, 5.74) is 0. The van der Waals surface area contributed by atoms with Crippen molar-refractivity contribution >= 4 is 6.03 Å². The predicted molar refractivity (Wildman–Crippen MR) is 54.1 cm³/mol. The Hall–Kier alpha value is -0.940. The summed E-state index contributed by atoms with van der Waals surface area (Å²) in [6.45, 7) is 0.967. The minimum atomic E-state index is -4.20. The number of alkyl halides is 3. The highest BCUT2D eigenvalue weighted by molar-refractivity contribution is 5.74. The summed E-state index contributed by atoms with van der Waals surface area (Å²) < 4.78 is 35.5. The molecule has 0 aromatic rings. The predicted octanol–water partition coefficient (Wildman–Crippen LogP) is 2.52. The Bertz CT molecular complexity index is 223. The maximum absolute atomic E-state index is 11.8. The Kier molecular flexibility index (Phi) is 4.89. The fourth-order valence-corrected chi connectivity index (χ4v) is 1.70. The summed E-state index contributed by atoms with van der Waals surface area (Å²) in [6, 6.07) is -0.369. The van der Waals surface area contributed by atoms with E-state index in [1.807, 2.05) is 0 Å². The van der Waals surface area contributed by atoms with Crippen molar-refractivity contribution in [3.8, 4) is 0 Å². The average molecular weight is 238 g/mol. The molecule has 1 heterocycles. The van der Waals surface area contributed by atoms with E-state index in [2.05, 4.69) is 5.32 Å². The van der Waals surface area contributed by atoms with E-state index in [0.29, 0.717) is 13.1 Å². The number of amides is 2. The summed E-state index contributed by atoms with van der Waals surface area (Å²) in [5.74, 6) is 0. The van der Waals surface area contributed by atoms with E-state index in [9.17, 15) is 18.0 Å². The van der Waals surface area contributed by atoms with Gasteiger partial charge in [0.25, 0.3) is 0 Å². The second-order valence-electron chi connectivity index (χ2n) is 4.00. The minimum Gasteiger partial charge on any atom is -0.338 e. The number of nitrogens with one attached hydrogen (secondary N) is 1. The third kappa shape index (κ3) is 5.23. The largest absolute Gasteiger partial charge is 0.390 e. The quantitative estimate of drug-likeness (QED) is 0.787. The molecule has 1 fully saturated rings. The molecule has 6 heteroatoms. The lowest BCUT2D eigenvalue weighted by atomic mass is 10.2. The first-order valence-corrected chi connectivity index (χ1v) is 5.58. The van der Waals surface area contributed by atoms with Crippen LogP contribution in [0.1, 0.15) is 32.1 Å². The molecule has 94 valence electrons. The van der Waals surface area contributed by atoms with Crippen molar-refractivity contribution in [2.24, 2.45) is 0 Å². The van der Waals surface area contributed by atoms with E-state index in [4.69, 9.17) is 0 Å². The molecule has 0 aromatic heterocycles. The summed E-state index contributed by atoms with van der Waals surface area (Å²) in [6.07, 6.45) is -1.11. The van der Waals surface area contributed by atoms with Crippen LogP contribution in [0.3, 0.4) is 0 Å². The summed E-state index contributed by atoms with van der Waals surface area (Å²) in [4.78, 5) is 13.1. The summed E-state index contributed by atoms with van der Waals surface area (Å²) >= 11 is 0. The third-order valence-electron chi connectivity index (χ3n) is 2.58. The lowest BCUT2D eigenvalue weighted by molar-refractivity contribution is -0.133. The number of urea groups is 1. The first-order valence-electron chi connectivity index (χ1n) is 5.58. The number of carbonyl (C=O) groups is 1. The molecule has 1 rings (SSSR count). The number of halogens is 3. The molecule has 0 aromatic carbocycles. The molecular weight excluding hydrogens is 221 g/mol.